The predicted molar refractivity (Wildman–Crippen MR) is 128 cm³/mol. The molecule has 8 heteroatoms. The third-order valence-corrected chi connectivity index (χ3v) is 7.49. The fourth-order valence-corrected chi connectivity index (χ4v) is 5.42. The number of hydrogen-bond donors (Lipinski definition) is 1. The number of piperidine rings is 1. The van der Waals surface area contributed by atoms with Crippen LogP contribution in [0.15, 0.2) is 42.5 Å². The summed E-state index contributed by atoms with van der Waals surface area (Å²) in [4.78, 5) is 46.2. The van der Waals surface area contributed by atoms with E-state index in [1.54, 1.807) is 31.2 Å². The van der Waals surface area contributed by atoms with Gasteiger partial charge in [-0.15, -0.1) is 0 Å². The zero-order valence-corrected chi connectivity index (χ0v) is 19.5. The Morgan fingerprint density at radius 2 is 1.79 bits per heavy atom. The Hall–Kier alpha value is -3.10. The summed E-state index contributed by atoms with van der Waals surface area (Å²) in [5.41, 5.74) is 2.72. The molecule has 1 atom stereocenters. The van der Waals surface area contributed by atoms with E-state index in [2.05, 4.69) is 34.3 Å². The number of fused-ring (bicyclic) bond motifs is 2. The van der Waals surface area contributed by atoms with Crippen LogP contribution < -0.4 is 5.32 Å². The van der Waals surface area contributed by atoms with Crippen molar-refractivity contribution in [2.24, 2.45) is 5.92 Å². The van der Waals surface area contributed by atoms with Crippen LogP contribution in [0.25, 0.3) is 10.2 Å². The number of rotatable bonds is 5. The molecule has 1 aromatic heterocycles. The third-order valence-electron chi connectivity index (χ3n) is 6.56. The van der Waals surface area contributed by atoms with Crippen molar-refractivity contribution >= 4 is 44.4 Å². The second kappa shape index (κ2) is 8.68. The molecule has 1 fully saturated rings. The van der Waals surface area contributed by atoms with Gasteiger partial charge in [0, 0.05) is 6.54 Å². The molecule has 0 spiro atoms. The minimum Gasteiger partial charge on any atom is -0.300 e. The quantitative estimate of drug-likeness (QED) is 0.576. The highest BCUT2D eigenvalue weighted by molar-refractivity contribution is 7.22. The molecule has 0 radical (unpaired) electrons. The van der Waals surface area contributed by atoms with Crippen molar-refractivity contribution in [3.8, 4) is 0 Å². The van der Waals surface area contributed by atoms with Gasteiger partial charge in [-0.1, -0.05) is 36.5 Å². The van der Waals surface area contributed by atoms with Crippen molar-refractivity contribution in [2.75, 3.05) is 18.4 Å². The van der Waals surface area contributed by atoms with Gasteiger partial charge in [-0.2, -0.15) is 0 Å². The van der Waals surface area contributed by atoms with Crippen molar-refractivity contribution < 1.29 is 14.4 Å². The lowest BCUT2D eigenvalue weighted by Gasteiger charge is -2.30. The molecule has 2 aliphatic heterocycles. The molecule has 0 saturated carbocycles. The fourth-order valence-electron chi connectivity index (χ4n) is 4.49. The first-order valence-electron chi connectivity index (χ1n) is 11.3. The molecule has 7 nitrogen and oxygen atoms in total. The molecular formula is C25H26N4O3S. The van der Waals surface area contributed by atoms with E-state index in [0.717, 1.165) is 40.7 Å². The first-order chi connectivity index (χ1) is 15.9. The van der Waals surface area contributed by atoms with E-state index >= 15 is 0 Å². The van der Waals surface area contributed by atoms with Crippen LogP contribution >= 0.6 is 11.3 Å². The maximum atomic E-state index is 12.9. The monoisotopic (exact) mass is 462 g/mol. The van der Waals surface area contributed by atoms with Crippen LogP contribution in [-0.2, 0) is 11.3 Å². The van der Waals surface area contributed by atoms with Gasteiger partial charge in [0.2, 0.25) is 5.91 Å². The highest BCUT2D eigenvalue weighted by atomic mass is 32.1. The van der Waals surface area contributed by atoms with Gasteiger partial charge in [0.1, 0.15) is 6.04 Å². The van der Waals surface area contributed by atoms with Crippen LogP contribution in [0, 0.1) is 5.92 Å². The summed E-state index contributed by atoms with van der Waals surface area (Å²) in [5, 5.41) is 3.25. The SMILES string of the molecule is CC1CCN(Cc2ccc3nc(NC(=O)C(C)N4C(=O)c5ccccc5C4=O)sc3c2)CC1. The van der Waals surface area contributed by atoms with Crippen molar-refractivity contribution in [2.45, 2.75) is 39.3 Å². The summed E-state index contributed by atoms with van der Waals surface area (Å²) in [7, 11) is 0. The molecular weight excluding hydrogens is 436 g/mol. The number of likely N-dealkylation sites (tertiary alicyclic amines) is 1. The molecule has 3 aromatic rings. The van der Waals surface area contributed by atoms with Gasteiger partial charge in [0.25, 0.3) is 11.8 Å². The number of benzene rings is 2. The highest BCUT2D eigenvalue weighted by Gasteiger charge is 2.40. The Balaban J connectivity index is 1.27. The summed E-state index contributed by atoms with van der Waals surface area (Å²) in [6.07, 6.45) is 2.48. The molecule has 170 valence electrons. The lowest BCUT2D eigenvalue weighted by atomic mass is 9.99. The molecule has 2 aromatic carbocycles. The molecule has 0 aliphatic carbocycles. The van der Waals surface area contributed by atoms with Crippen LogP contribution in [0.4, 0.5) is 5.13 Å². The maximum Gasteiger partial charge on any atom is 0.262 e. The Morgan fingerprint density at radius 1 is 1.12 bits per heavy atom. The number of carbonyl (C=O) groups excluding carboxylic acids is 3. The zero-order valence-electron chi connectivity index (χ0n) is 18.7. The number of imide groups is 1. The normalized spacial score (nSPS) is 18.1. The van der Waals surface area contributed by atoms with Gasteiger partial charge in [0.05, 0.1) is 21.3 Å². The average Bonchev–Trinajstić information content (AvgIpc) is 3.32. The third kappa shape index (κ3) is 4.16. The molecule has 1 unspecified atom stereocenters. The maximum absolute atomic E-state index is 12.9. The topological polar surface area (TPSA) is 82.6 Å². The van der Waals surface area contributed by atoms with E-state index in [9.17, 15) is 14.4 Å². The van der Waals surface area contributed by atoms with E-state index in [0.29, 0.717) is 16.3 Å². The number of aromatic nitrogens is 1. The van der Waals surface area contributed by atoms with Gasteiger partial charge in [0.15, 0.2) is 5.13 Å². The molecule has 3 heterocycles. The highest BCUT2D eigenvalue weighted by Crippen LogP contribution is 2.29. The standard InChI is InChI=1S/C25H26N4O3S/c1-15-9-11-28(12-10-15)14-17-7-8-20-21(13-17)33-25(26-20)27-22(30)16(2)29-23(31)18-5-3-4-6-19(18)24(29)32/h3-8,13,15-16H,9-12,14H2,1-2H3,(H,26,27,30). The van der Waals surface area contributed by atoms with E-state index in [4.69, 9.17) is 0 Å². The number of thiazole rings is 1. The van der Waals surface area contributed by atoms with E-state index < -0.39 is 23.8 Å². The van der Waals surface area contributed by atoms with Gasteiger partial charge in [-0.05, 0) is 68.6 Å². The Kier molecular flexibility index (Phi) is 5.72. The van der Waals surface area contributed by atoms with E-state index in [-0.39, 0.29) is 0 Å². The van der Waals surface area contributed by atoms with Crippen molar-refractivity contribution in [3.63, 3.8) is 0 Å². The van der Waals surface area contributed by atoms with Crippen molar-refractivity contribution in [1.82, 2.24) is 14.8 Å². The zero-order chi connectivity index (χ0) is 23.1. The van der Waals surface area contributed by atoms with Crippen molar-refractivity contribution in [3.05, 3.63) is 59.2 Å². The number of amides is 3. The first kappa shape index (κ1) is 21.7. The minimum absolute atomic E-state index is 0.331. The number of nitrogens with one attached hydrogen (secondary N) is 1. The summed E-state index contributed by atoms with van der Waals surface area (Å²) in [6, 6.07) is 11.9. The summed E-state index contributed by atoms with van der Waals surface area (Å²) >= 11 is 1.40. The second-order valence-electron chi connectivity index (χ2n) is 8.97. The molecule has 0 bridgehead atoms. The number of nitrogens with zero attached hydrogens (tertiary/aromatic N) is 3. The number of anilines is 1. The Labute approximate surface area is 196 Å². The van der Waals surface area contributed by atoms with Crippen molar-refractivity contribution in [1.29, 1.82) is 0 Å². The fraction of sp³-hybridized carbons (Fsp3) is 0.360. The van der Waals surface area contributed by atoms with Crippen LogP contribution in [0.5, 0.6) is 0 Å². The molecule has 1 N–H and O–H groups in total. The van der Waals surface area contributed by atoms with Crippen LogP contribution in [0.3, 0.4) is 0 Å². The van der Waals surface area contributed by atoms with Crippen LogP contribution in [0.1, 0.15) is 53.0 Å². The molecule has 2 aliphatic rings. The van der Waals surface area contributed by atoms with E-state index in [1.807, 2.05) is 6.07 Å². The lowest BCUT2D eigenvalue weighted by molar-refractivity contribution is -0.119. The first-order valence-corrected chi connectivity index (χ1v) is 12.1. The van der Waals surface area contributed by atoms with Gasteiger partial charge >= 0.3 is 0 Å². The Bertz CT molecular complexity index is 1210. The van der Waals surface area contributed by atoms with E-state index in [1.165, 1.54) is 29.7 Å². The smallest absolute Gasteiger partial charge is 0.262 e. The van der Waals surface area contributed by atoms with Gasteiger partial charge in [-0.25, -0.2) is 4.98 Å². The lowest BCUT2D eigenvalue weighted by Crippen LogP contribution is -2.45. The molecule has 1 saturated heterocycles. The average molecular weight is 463 g/mol. The van der Waals surface area contributed by atoms with Crippen LogP contribution in [-0.4, -0.2) is 51.6 Å². The molecule has 3 amide bonds. The molecule has 5 rings (SSSR count). The van der Waals surface area contributed by atoms with Gasteiger partial charge < -0.3 is 5.32 Å². The Morgan fingerprint density at radius 3 is 2.45 bits per heavy atom. The second-order valence-corrected chi connectivity index (χ2v) is 10.0. The summed E-state index contributed by atoms with van der Waals surface area (Å²) in [6.45, 7) is 7.03. The van der Waals surface area contributed by atoms with Gasteiger partial charge in [-0.3, -0.25) is 24.2 Å². The summed E-state index contributed by atoms with van der Waals surface area (Å²) in [5.74, 6) is -0.524. The number of hydrogen-bond acceptors (Lipinski definition) is 6. The summed E-state index contributed by atoms with van der Waals surface area (Å²) < 4.78 is 1.00. The predicted octanol–water partition coefficient (Wildman–Crippen LogP) is 4.15. The van der Waals surface area contributed by atoms with Crippen LogP contribution in [0.2, 0.25) is 0 Å². The minimum atomic E-state index is -0.943. The molecule has 33 heavy (non-hydrogen) atoms. The largest absolute Gasteiger partial charge is 0.300 e. The number of carbonyl (C=O) groups is 3.